The molecule has 0 aliphatic carbocycles. The number of anilines is 1. The van der Waals surface area contributed by atoms with Crippen LogP contribution in [0.3, 0.4) is 0 Å². The standard InChI is InChI=1S/C29H22ClFN8O3/c30-18-6-10-25(39-16-33-37-38-39)17(13-18)5-11-27(40)36-24-14-19-7-8-21(31)23(34-19)9-12-28(41)35-22-4-2-1-3-20(22)26-15-32-29(24)42-26/h1-8,10-11,13,15-16,24H,9,12,14H2,(H,35,41)(H,36,40). The third-order valence-electron chi connectivity index (χ3n) is 6.58. The first-order valence-corrected chi connectivity index (χ1v) is 13.3. The largest absolute Gasteiger partial charge is 0.438 e. The van der Waals surface area contributed by atoms with E-state index in [9.17, 15) is 14.0 Å². The molecule has 0 saturated carbocycles. The normalized spacial score (nSPS) is 15.1. The molecular formula is C29H22ClFN8O3. The highest BCUT2D eigenvalue weighted by Crippen LogP contribution is 2.31. The lowest BCUT2D eigenvalue weighted by Crippen LogP contribution is -2.29. The van der Waals surface area contributed by atoms with Crippen LogP contribution in [0.2, 0.25) is 5.02 Å². The highest BCUT2D eigenvalue weighted by molar-refractivity contribution is 6.30. The van der Waals surface area contributed by atoms with E-state index in [1.165, 1.54) is 35.4 Å². The molecule has 1 aliphatic rings. The van der Waals surface area contributed by atoms with Gasteiger partial charge in [0.05, 0.1) is 23.3 Å². The van der Waals surface area contributed by atoms with Crippen LogP contribution >= 0.6 is 11.6 Å². The summed E-state index contributed by atoms with van der Waals surface area (Å²) in [6.45, 7) is 0. The molecule has 4 bridgehead atoms. The van der Waals surface area contributed by atoms with Crippen LogP contribution in [0.25, 0.3) is 23.1 Å². The maximum atomic E-state index is 14.6. The first-order chi connectivity index (χ1) is 20.4. The van der Waals surface area contributed by atoms with E-state index in [2.05, 4.69) is 36.1 Å². The quantitative estimate of drug-likeness (QED) is 0.294. The Hall–Kier alpha value is -5.23. The van der Waals surface area contributed by atoms with Crippen molar-refractivity contribution in [3.8, 4) is 17.0 Å². The molecule has 2 amide bonds. The summed E-state index contributed by atoms with van der Waals surface area (Å²) in [7, 11) is 0. The maximum absolute atomic E-state index is 14.6. The van der Waals surface area contributed by atoms with Crippen LogP contribution in [-0.4, -0.2) is 42.0 Å². The summed E-state index contributed by atoms with van der Waals surface area (Å²) in [6.07, 6.45) is 6.21. The van der Waals surface area contributed by atoms with Crippen LogP contribution in [0.1, 0.15) is 35.3 Å². The number of rotatable bonds is 4. The van der Waals surface area contributed by atoms with Gasteiger partial charge in [-0.05, 0) is 59.0 Å². The van der Waals surface area contributed by atoms with Gasteiger partial charge >= 0.3 is 0 Å². The average molecular weight is 585 g/mol. The van der Waals surface area contributed by atoms with Crippen LogP contribution in [0.4, 0.5) is 10.1 Å². The number of carbonyl (C=O) groups is 2. The predicted octanol–water partition coefficient (Wildman–Crippen LogP) is 4.50. The molecule has 0 spiro atoms. The topological polar surface area (TPSA) is 141 Å². The highest BCUT2D eigenvalue weighted by atomic mass is 35.5. The van der Waals surface area contributed by atoms with E-state index in [1.54, 1.807) is 42.5 Å². The molecule has 2 aromatic carbocycles. The molecule has 4 heterocycles. The van der Waals surface area contributed by atoms with Crippen LogP contribution in [0, 0.1) is 5.82 Å². The second-order valence-corrected chi connectivity index (χ2v) is 9.88. The Bertz CT molecular complexity index is 1800. The number of carbonyl (C=O) groups excluding carboxylic acids is 2. The van der Waals surface area contributed by atoms with Gasteiger partial charge in [-0.25, -0.2) is 9.37 Å². The number of aromatic nitrogens is 6. The van der Waals surface area contributed by atoms with E-state index >= 15 is 0 Å². The zero-order chi connectivity index (χ0) is 29.1. The molecular weight excluding hydrogens is 563 g/mol. The minimum atomic E-state index is -0.746. The van der Waals surface area contributed by atoms with Gasteiger partial charge < -0.3 is 15.1 Å². The van der Waals surface area contributed by atoms with Crippen molar-refractivity contribution in [2.24, 2.45) is 0 Å². The van der Waals surface area contributed by atoms with Gasteiger partial charge in [0, 0.05) is 47.2 Å². The molecule has 2 N–H and O–H groups in total. The number of hydrogen-bond donors (Lipinski definition) is 2. The summed E-state index contributed by atoms with van der Waals surface area (Å²) >= 11 is 6.20. The van der Waals surface area contributed by atoms with Gasteiger partial charge in [0.25, 0.3) is 0 Å². The minimum absolute atomic E-state index is 0.0322. The molecule has 1 unspecified atom stereocenters. The van der Waals surface area contributed by atoms with Crippen molar-refractivity contribution in [3.63, 3.8) is 0 Å². The summed E-state index contributed by atoms with van der Waals surface area (Å²) in [5.41, 5.74) is 3.02. The molecule has 5 aromatic rings. The Morgan fingerprint density at radius 2 is 2.05 bits per heavy atom. The highest BCUT2D eigenvalue weighted by Gasteiger charge is 2.23. The summed E-state index contributed by atoms with van der Waals surface area (Å²) in [5, 5.41) is 17.5. The number of nitrogens with zero attached hydrogens (tertiary/aromatic N) is 6. The maximum Gasteiger partial charge on any atom is 0.244 e. The second-order valence-electron chi connectivity index (χ2n) is 9.44. The van der Waals surface area contributed by atoms with Crippen LogP contribution < -0.4 is 10.6 Å². The van der Waals surface area contributed by atoms with E-state index in [0.717, 1.165) is 0 Å². The first kappa shape index (κ1) is 27.0. The van der Waals surface area contributed by atoms with Crippen molar-refractivity contribution >= 4 is 35.2 Å². The number of para-hydroxylation sites is 1. The number of amides is 2. The van der Waals surface area contributed by atoms with Crippen LogP contribution in [0.15, 0.2) is 77.6 Å². The van der Waals surface area contributed by atoms with Gasteiger partial charge in [-0.15, -0.1) is 5.10 Å². The van der Waals surface area contributed by atoms with E-state index in [0.29, 0.717) is 39.0 Å². The third-order valence-corrected chi connectivity index (χ3v) is 6.82. The van der Waals surface area contributed by atoms with Crippen molar-refractivity contribution in [1.29, 1.82) is 0 Å². The summed E-state index contributed by atoms with van der Waals surface area (Å²) in [4.78, 5) is 34.7. The third kappa shape index (κ3) is 5.93. The zero-order valence-electron chi connectivity index (χ0n) is 21.9. The van der Waals surface area contributed by atoms with Gasteiger partial charge in [-0.2, -0.15) is 4.68 Å². The average Bonchev–Trinajstić information content (AvgIpc) is 3.69. The Kier molecular flexibility index (Phi) is 7.52. The smallest absolute Gasteiger partial charge is 0.244 e. The molecule has 6 rings (SSSR count). The number of aryl methyl sites for hydroxylation is 1. The van der Waals surface area contributed by atoms with E-state index in [1.807, 2.05) is 6.07 Å². The molecule has 0 fully saturated rings. The van der Waals surface area contributed by atoms with Crippen molar-refractivity contribution in [2.75, 3.05) is 5.32 Å². The number of halogens is 2. The van der Waals surface area contributed by atoms with E-state index < -0.39 is 17.8 Å². The predicted molar refractivity (Wildman–Crippen MR) is 151 cm³/mol. The fourth-order valence-electron chi connectivity index (χ4n) is 4.58. The van der Waals surface area contributed by atoms with Crippen molar-refractivity contribution in [2.45, 2.75) is 25.3 Å². The molecule has 0 saturated heterocycles. The molecule has 3 aromatic heterocycles. The molecule has 42 heavy (non-hydrogen) atoms. The number of tetrazole rings is 1. The Morgan fingerprint density at radius 1 is 1.17 bits per heavy atom. The number of pyridine rings is 1. The first-order valence-electron chi connectivity index (χ1n) is 12.9. The lowest BCUT2D eigenvalue weighted by atomic mass is 10.1. The van der Waals surface area contributed by atoms with Gasteiger partial charge in [0.15, 0.2) is 5.76 Å². The zero-order valence-corrected chi connectivity index (χ0v) is 22.6. The van der Waals surface area contributed by atoms with Crippen molar-refractivity contribution < 1.29 is 18.4 Å². The summed E-state index contributed by atoms with van der Waals surface area (Å²) < 4.78 is 22.1. The summed E-state index contributed by atoms with van der Waals surface area (Å²) in [5.74, 6) is -0.620. The Morgan fingerprint density at radius 3 is 2.90 bits per heavy atom. The number of nitrogens with one attached hydrogen (secondary N) is 2. The second kappa shape index (κ2) is 11.7. The monoisotopic (exact) mass is 584 g/mol. The molecule has 1 aliphatic heterocycles. The Balaban J connectivity index is 1.33. The lowest BCUT2D eigenvalue weighted by Gasteiger charge is -2.16. The molecule has 13 heteroatoms. The van der Waals surface area contributed by atoms with Gasteiger partial charge in [-0.1, -0.05) is 23.7 Å². The van der Waals surface area contributed by atoms with E-state index in [4.69, 9.17) is 16.0 Å². The van der Waals surface area contributed by atoms with Crippen LogP contribution in [0.5, 0.6) is 0 Å². The van der Waals surface area contributed by atoms with Gasteiger partial charge in [-0.3, -0.25) is 14.6 Å². The molecule has 0 radical (unpaired) electrons. The number of hydrogen-bond acceptors (Lipinski definition) is 8. The fourth-order valence-corrected chi connectivity index (χ4v) is 4.76. The van der Waals surface area contributed by atoms with Crippen LogP contribution in [-0.2, 0) is 22.4 Å². The number of oxazole rings is 1. The molecule has 210 valence electrons. The lowest BCUT2D eigenvalue weighted by molar-refractivity contribution is -0.117. The van der Waals surface area contributed by atoms with Gasteiger partial charge in [0.1, 0.15) is 18.2 Å². The SMILES string of the molecule is O=C(C=Cc1cc(Cl)ccc1-n1cnnn1)NC1Cc2ccc(F)c(n2)CCC(=O)Nc2ccccc2-c2cnc1o2. The number of fused-ring (bicyclic) bond motifs is 6. The number of benzene rings is 2. The van der Waals surface area contributed by atoms with Crippen molar-refractivity contribution in [1.82, 2.24) is 35.5 Å². The summed E-state index contributed by atoms with van der Waals surface area (Å²) in [6, 6.07) is 14.3. The van der Waals surface area contributed by atoms with Crippen molar-refractivity contribution in [3.05, 3.63) is 107 Å². The minimum Gasteiger partial charge on any atom is -0.438 e. The van der Waals surface area contributed by atoms with Gasteiger partial charge in [0.2, 0.25) is 17.7 Å². The molecule has 11 nitrogen and oxygen atoms in total. The molecule has 1 atom stereocenters. The van der Waals surface area contributed by atoms with E-state index in [-0.39, 0.29) is 36.8 Å². The fraction of sp³-hybridized carbons (Fsp3) is 0.138. The Labute approximate surface area is 243 Å².